The van der Waals surface area contributed by atoms with Crippen LogP contribution in [0.15, 0.2) is 34.8 Å². The molecule has 0 saturated heterocycles. The van der Waals surface area contributed by atoms with Crippen LogP contribution in [0.1, 0.15) is 49.5 Å². The second-order valence-corrected chi connectivity index (χ2v) is 12.2. The Morgan fingerprint density at radius 3 is 2.29 bits per heavy atom. The van der Waals surface area contributed by atoms with Crippen LogP contribution in [0.2, 0.25) is 0 Å². The number of ketones is 2. The summed E-state index contributed by atoms with van der Waals surface area (Å²) in [5.41, 5.74) is 0.252. The molecule has 8 N–H and O–H groups in total. The molecule has 1 aromatic carbocycles. The van der Waals surface area contributed by atoms with E-state index in [2.05, 4.69) is 5.32 Å². The number of Topliss-reactive ketones (excluding diaryl/α,β-unsaturated/α-hetero) is 2. The van der Waals surface area contributed by atoms with Gasteiger partial charge in [0.25, 0.3) is 5.91 Å². The zero-order chi connectivity index (χ0) is 30.9. The topological polar surface area (TPSA) is 220 Å². The van der Waals surface area contributed by atoms with Crippen LogP contribution in [0.5, 0.6) is 5.75 Å². The minimum absolute atomic E-state index is 0.0693. The Kier molecular flexibility index (Phi) is 7.22. The maximum absolute atomic E-state index is 13.9. The number of benzene rings is 1. The lowest BCUT2D eigenvalue weighted by Crippen LogP contribution is -2.68. The van der Waals surface area contributed by atoms with Crippen molar-refractivity contribution in [2.45, 2.75) is 51.4 Å². The molecule has 13 nitrogen and oxygen atoms in total. The normalized spacial score (nSPS) is 29.6. The van der Waals surface area contributed by atoms with E-state index in [1.807, 2.05) is 20.8 Å². The number of fused-ring (bicyclic) bond motifs is 3. The lowest BCUT2D eigenvalue weighted by Gasteiger charge is -2.53. The summed E-state index contributed by atoms with van der Waals surface area (Å²) >= 11 is 0. The van der Waals surface area contributed by atoms with E-state index >= 15 is 0 Å². The van der Waals surface area contributed by atoms with Gasteiger partial charge in [0.15, 0.2) is 17.1 Å². The molecule has 13 heteroatoms. The van der Waals surface area contributed by atoms with Crippen molar-refractivity contribution in [1.82, 2.24) is 4.90 Å². The minimum atomic E-state index is -3.01. The number of amides is 2. The highest BCUT2D eigenvalue weighted by atomic mass is 16.5. The Balaban J connectivity index is 1.87. The third-order valence-corrected chi connectivity index (χ3v) is 8.00. The van der Waals surface area contributed by atoms with Crippen LogP contribution in [0.3, 0.4) is 0 Å². The highest BCUT2D eigenvalue weighted by Crippen LogP contribution is 2.56. The summed E-state index contributed by atoms with van der Waals surface area (Å²) in [7, 11) is 2.92. The number of ether oxygens (including phenoxy) is 1. The number of carbonyl (C=O) groups excluding carboxylic acids is 4. The van der Waals surface area contributed by atoms with Crippen LogP contribution >= 0.6 is 0 Å². The Labute approximate surface area is 235 Å². The number of carbonyl (C=O) groups is 4. The molecule has 0 unspecified atom stereocenters. The maximum Gasteiger partial charge on any atom is 0.411 e. The molecule has 3 aliphatic carbocycles. The molecule has 3 aliphatic rings. The number of hydrogen-bond acceptors (Lipinski definition) is 11. The highest BCUT2D eigenvalue weighted by molar-refractivity contribution is 6.25. The minimum Gasteiger partial charge on any atom is -0.510 e. The molecule has 4 rings (SSSR count). The van der Waals surface area contributed by atoms with Crippen molar-refractivity contribution >= 4 is 29.3 Å². The zero-order valence-electron chi connectivity index (χ0n) is 23.6. The molecule has 0 bridgehead atoms. The quantitative estimate of drug-likeness (QED) is 0.201. The third kappa shape index (κ3) is 4.44. The number of phenols is 1. The van der Waals surface area contributed by atoms with Crippen LogP contribution in [0, 0.1) is 17.3 Å². The molecule has 0 aromatic heterocycles. The summed E-state index contributed by atoms with van der Waals surface area (Å²) in [6, 6.07) is 1.48. The molecule has 41 heavy (non-hydrogen) atoms. The van der Waals surface area contributed by atoms with Gasteiger partial charge in [-0.15, -0.1) is 0 Å². The van der Waals surface area contributed by atoms with Crippen molar-refractivity contribution in [2.75, 3.05) is 26.0 Å². The number of likely N-dealkylation sites (N-methyl/N-ethyl adjacent to an activating group) is 1. The fourth-order valence-electron chi connectivity index (χ4n) is 6.15. The van der Waals surface area contributed by atoms with Gasteiger partial charge in [0.05, 0.1) is 35.9 Å². The van der Waals surface area contributed by atoms with Gasteiger partial charge in [-0.25, -0.2) is 4.79 Å². The van der Waals surface area contributed by atoms with Gasteiger partial charge in [-0.1, -0.05) is 33.8 Å². The number of primary amides is 1. The number of aliphatic hydroxyl groups excluding tert-OH is 3. The Morgan fingerprint density at radius 1 is 1.15 bits per heavy atom. The van der Waals surface area contributed by atoms with E-state index in [9.17, 15) is 44.7 Å². The van der Waals surface area contributed by atoms with Crippen molar-refractivity contribution in [2.24, 2.45) is 23.0 Å². The van der Waals surface area contributed by atoms with Crippen LogP contribution < -0.4 is 11.1 Å². The fraction of sp³-hybridized carbons (Fsp3) is 0.500. The summed E-state index contributed by atoms with van der Waals surface area (Å²) in [6.07, 6.45) is -2.58. The summed E-state index contributed by atoms with van der Waals surface area (Å²) in [5.74, 6) is -9.96. The van der Waals surface area contributed by atoms with E-state index in [-0.39, 0.29) is 28.8 Å². The third-order valence-electron chi connectivity index (χ3n) is 8.00. The fourth-order valence-corrected chi connectivity index (χ4v) is 6.15. The zero-order valence-corrected chi connectivity index (χ0v) is 23.6. The van der Waals surface area contributed by atoms with E-state index < -0.39 is 87.5 Å². The lowest BCUT2D eigenvalue weighted by molar-refractivity contribution is -0.162. The lowest BCUT2D eigenvalue weighted by atomic mass is 9.55. The molecule has 0 fully saturated rings. The van der Waals surface area contributed by atoms with E-state index in [4.69, 9.17) is 10.5 Å². The summed E-state index contributed by atoms with van der Waals surface area (Å²) < 4.78 is 5.16. The number of aromatic hydroxyl groups is 1. The van der Waals surface area contributed by atoms with E-state index in [1.54, 1.807) is 6.92 Å². The van der Waals surface area contributed by atoms with Gasteiger partial charge in [-0.05, 0) is 37.1 Å². The number of phenolic OH excluding ortho intramolecular Hbond substituents is 1. The Bertz CT molecular complexity index is 1420. The largest absolute Gasteiger partial charge is 0.510 e. The van der Waals surface area contributed by atoms with Gasteiger partial charge in [-0.2, -0.15) is 0 Å². The molecule has 1 aromatic rings. The van der Waals surface area contributed by atoms with Crippen LogP contribution in [0.4, 0.5) is 10.5 Å². The highest BCUT2D eigenvalue weighted by Gasteiger charge is 2.67. The monoisotopic (exact) mass is 573 g/mol. The van der Waals surface area contributed by atoms with Gasteiger partial charge in [0, 0.05) is 11.5 Å². The second kappa shape index (κ2) is 9.86. The van der Waals surface area contributed by atoms with Crippen LogP contribution in [-0.4, -0.2) is 92.4 Å². The molecule has 6 atom stereocenters. The number of nitrogens with zero attached hydrogens (tertiary/aromatic N) is 1. The molecule has 0 saturated carbocycles. The number of anilines is 1. The van der Waals surface area contributed by atoms with E-state index in [0.29, 0.717) is 0 Å². The number of hydrogen-bond donors (Lipinski definition) is 7. The average molecular weight is 574 g/mol. The molecular formula is C28H35N3O10. The van der Waals surface area contributed by atoms with Crippen molar-refractivity contribution < 1.29 is 49.4 Å². The Hall–Kier alpha value is -3.94. The van der Waals surface area contributed by atoms with E-state index in [0.717, 1.165) is 0 Å². The molecule has 0 heterocycles. The first-order valence-corrected chi connectivity index (χ1v) is 13.0. The maximum atomic E-state index is 13.9. The van der Waals surface area contributed by atoms with Crippen molar-refractivity contribution in [1.29, 1.82) is 0 Å². The van der Waals surface area contributed by atoms with Gasteiger partial charge in [-0.3, -0.25) is 24.6 Å². The first kappa shape index (κ1) is 30.0. The van der Waals surface area contributed by atoms with Gasteiger partial charge < -0.3 is 36.0 Å². The van der Waals surface area contributed by atoms with Crippen LogP contribution in [0.25, 0.3) is 0 Å². The SMILES string of the molecule is C[C@@H]1c2ccc(NC(=O)OCC(C)(C)C)c(O)c2C(=O)C2=C(O)[C@]3(O)C(=O)C(C(N)=O)=C(O)[C@H](N(C)C)[C@H]3[C@H](O)[C@H]21. The molecule has 0 spiro atoms. The van der Waals surface area contributed by atoms with Gasteiger partial charge >= 0.3 is 6.09 Å². The second-order valence-electron chi connectivity index (χ2n) is 12.2. The average Bonchev–Trinajstić information content (AvgIpc) is 2.85. The molecule has 0 radical (unpaired) electrons. The predicted molar refractivity (Wildman–Crippen MR) is 144 cm³/mol. The van der Waals surface area contributed by atoms with Crippen molar-refractivity contribution in [3.05, 3.63) is 45.9 Å². The first-order chi connectivity index (χ1) is 18.9. The Morgan fingerprint density at radius 2 is 1.76 bits per heavy atom. The predicted octanol–water partition coefficient (Wildman–Crippen LogP) is 1.25. The first-order valence-electron chi connectivity index (χ1n) is 13.0. The number of nitrogens with one attached hydrogen (secondary N) is 1. The summed E-state index contributed by atoms with van der Waals surface area (Å²) in [5, 5.41) is 59.1. The number of nitrogens with two attached hydrogens (primary N) is 1. The molecular weight excluding hydrogens is 538 g/mol. The molecule has 2 amide bonds. The molecule has 0 aliphatic heterocycles. The van der Waals surface area contributed by atoms with Crippen LogP contribution in [-0.2, 0) is 14.3 Å². The van der Waals surface area contributed by atoms with Gasteiger partial charge in [0.1, 0.15) is 17.1 Å². The van der Waals surface area contributed by atoms with Gasteiger partial charge in [0.2, 0.25) is 5.78 Å². The summed E-state index contributed by atoms with van der Waals surface area (Å²) in [4.78, 5) is 53.1. The van der Waals surface area contributed by atoms with E-state index in [1.165, 1.54) is 31.1 Å². The molecule has 222 valence electrons. The van der Waals surface area contributed by atoms with Crippen molar-refractivity contribution in [3.8, 4) is 5.75 Å². The summed E-state index contributed by atoms with van der Waals surface area (Å²) in [6.45, 7) is 7.24. The van der Waals surface area contributed by atoms with Crippen molar-refractivity contribution in [3.63, 3.8) is 0 Å². The number of rotatable bonds is 4. The smallest absolute Gasteiger partial charge is 0.411 e. The standard InChI is InChI=1S/C28H35N3O10/c1-10-11-7-8-12(30-26(39)41-9-27(2,3)4)19(32)14(11)20(33)15-13(10)21(34)17-18(31(5)6)22(35)16(25(29)38)24(37)28(17,40)23(15)36/h7-8,10,13,17-18,21,32,34-36,40H,9H2,1-6H3,(H2,29,38)(H,30,39)/t10-,13+,17+,18-,21-,28+/m1/s1. The number of aliphatic hydroxyl groups is 4.